The Labute approximate surface area is 102 Å². The molecule has 0 fully saturated rings. The molecule has 0 aliphatic carbocycles. The molecule has 3 heteroatoms. The van der Waals surface area contributed by atoms with E-state index < -0.39 is 0 Å². The molecule has 0 saturated heterocycles. The lowest BCUT2D eigenvalue weighted by molar-refractivity contribution is 0.117. The van der Waals surface area contributed by atoms with Gasteiger partial charge in [0.2, 0.25) is 0 Å². The Bertz CT molecular complexity index is 479. The molecule has 1 aromatic heterocycles. The molecule has 17 heavy (non-hydrogen) atoms. The minimum absolute atomic E-state index is 0.234. The quantitative estimate of drug-likeness (QED) is 0.856. The minimum atomic E-state index is 0.234. The van der Waals surface area contributed by atoms with Gasteiger partial charge in [-0.3, -0.25) is 4.98 Å². The summed E-state index contributed by atoms with van der Waals surface area (Å²) in [6, 6.07) is 10.3. The highest BCUT2D eigenvalue weighted by Gasteiger charge is 2.02. The molecule has 90 valence electrons. The van der Waals surface area contributed by atoms with Crippen molar-refractivity contribution in [2.75, 3.05) is 13.7 Å². The van der Waals surface area contributed by atoms with Gasteiger partial charge >= 0.3 is 0 Å². The van der Waals surface area contributed by atoms with Crippen molar-refractivity contribution in [2.24, 2.45) is 0 Å². The molecular weight excluding hydrogens is 212 g/mol. The third-order valence-corrected chi connectivity index (χ3v) is 2.87. The predicted octanol–water partition coefficient (Wildman–Crippen LogP) is 2.36. The summed E-state index contributed by atoms with van der Waals surface area (Å²) in [4.78, 5) is 4.43. The Balaban J connectivity index is 2.08. The van der Waals surface area contributed by atoms with Gasteiger partial charge in [0.05, 0.1) is 11.6 Å². The topological polar surface area (TPSA) is 34.1 Å². The van der Waals surface area contributed by atoms with Crippen LogP contribution in [0.5, 0.6) is 0 Å². The highest BCUT2D eigenvalue weighted by atomic mass is 16.5. The Morgan fingerprint density at radius 2 is 2.12 bits per heavy atom. The third kappa shape index (κ3) is 3.02. The molecule has 2 rings (SSSR count). The summed E-state index contributed by atoms with van der Waals surface area (Å²) in [5, 5.41) is 4.57. The Hall–Kier alpha value is -1.45. The standard InChI is InChI=1S/C14H18N2O/c1-11(17-2)9-15-10-13-6-3-5-12-7-4-8-16-14(12)13/h3-8,11,15H,9-10H2,1-2H3. The fourth-order valence-corrected chi connectivity index (χ4v) is 1.80. The van der Waals surface area contributed by atoms with Crippen molar-refractivity contribution >= 4 is 10.9 Å². The van der Waals surface area contributed by atoms with Crippen molar-refractivity contribution in [3.63, 3.8) is 0 Å². The number of aromatic nitrogens is 1. The summed E-state index contributed by atoms with van der Waals surface area (Å²) < 4.78 is 5.20. The van der Waals surface area contributed by atoms with Crippen molar-refractivity contribution in [1.29, 1.82) is 0 Å². The highest BCUT2D eigenvalue weighted by molar-refractivity contribution is 5.81. The maximum Gasteiger partial charge on any atom is 0.0746 e. The maximum atomic E-state index is 5.20. The highest BCUT2D eigenvalue weighted by Crippen LogP contribution is 2.15. The van der Waals surface area contributed by atoms with Crippen LogP contribution in [0.25, 0.3) is 10.9 Å². The molecule has 0 spiro atoms. The van der Waals surface area contributed by atoms with E-state index in [1.165, 1.54) is 10.9 Å². The van der Waals surface area contributed by atoms with Crippen LogP contribution in [0.1, 0.15) is 12.5 Å². The summed E-state index contributed by atoms with van der Waals surface area (Å²) in [6.07, 6.45) is 2.07. The fraction of sp³-hybridized carbons (Fsp3) is 0.357. The fourth-order valence-electron chi connectivity index (χ4n) is 1.80. The van der Waals surface area contributed by atoms with Crippen LogP contribution in [-0.4, -0.2) is 24.7 Å². The average molecular weight is 230 g/mol. The smallest absolute Gasteiger partial charge is 0.0746 e. The van der Waals surface area contributed by atoms with E-state index in [1.807, 2.05) is 19.2 Å². The largest absolute Gasteiger partial charge is 0.380 e. The Kier molecular flexibility index (Phi) is 4.07. The van der Waals surface area contributed by atoms with Gasteiger partial charge in [0.25, 0.3) is 0 Å². The first-order chi connectivity index (χ1) is 8.31. The molecule has 3 nitrogen and oxygen atoms in total. The first-order valence-corrected chi connectivity index (χ1v) is 5.87. The summed E-state index contributed by atoms with van der Waals surface area (Å²) >= 11 is 0. The molecule has 0 aliphatic heterocycles. The number of fused-ring (bicyclic) bond motifs is 1. The van der Waals surface area contributed by atoms with Crippen LogP contribution in [0.2, 0.25) is 0 Å². The van der Waals surface area contributed by atoms with E-state index in [4.69, 9.17) is 4.74 Å². The second-order valence-corrected chi connectivity index (χ2v) is 4.17. The SMILES string of the molecule is COC(C)CNCc1cccc2cccnc12. The minimum Gasteiger partial charge on any atom is -0.380 e. The summed E-state index contributed by atoms with van der Waals surface area (Å²) in [5.74, 6) is 0. The molecule has 1 aromatic carbocycles. The van der Waals surface area contributed by atoms with Gasteiger partial charge in [0.15, 0.2) is 0 Å². The van der Waals surface area contributed by atoms with Crippen molar-refractivity contribution in [2.45, 2.75) is 19.6 Å². The second kappa shape index (κ2) is 5.75. The zero-order chi connectivity index (χ0) is 12.1. The number of benzene rings is 1. The lowest BCUT2D eigenvalue weighted by atomic mass is 10.1. The molecule has 1 atom stereocenters. The maximum absolute atomic E-state index is 5.20. The van der Waals surface area contributed by atoms with Crippen LogP contribution in [0.3, 0.4) is 0 Å². The summed E-state index contributed by atoms with van der Waals surface area (Å²) in [6.45, 7) is 3.72. The van der Waals surface area contributed by atoms with Crippen molar-refractivity contribution in [1.82, 2.24) is 10.3 Å². The lowest BCUT2D eigenvalue weighted by Gasteiger charge is -2.11. The van der Waals surface area contributed by atoms with E-state index in [0.29, 0.717) is 0 Å². The van der Waals surface area contributed by atoms with Gasteiger partial charge in [-0.1, -0.05) is 24.3 Å². The second-order valence-electron chi connectivity index (χ2n) is 4.17. The number of pyridine rings is 1. The molecule has 0 amide bonds. The van der Waals surface area contributed by atoms with Crippen molar-refractivity contribution < 1.29 is 4.74 Å². The van der Waals surface area contributed by atoms with E-state index in [2.05, 4.69) is 34.6 Å². The van der Waals surface area contributed by atoms with Crippen LogP contribution >= 0.6 is 0 Å². The van der Waals surface area contributed by atoms with Gasteiger partial charge in [-0.25, -0.2) is 0 Å². The summed E-state index contributed by atoms with van der Waals surface area (Å²) in [7, 11) is 1.73. The lowest BCUT2D eigenvalue weighted by Crippen LogP contribution is -2.25. The zero-order valence-electron chi connectivity index (χ0n) is 10.3. The molecule has 0 saturated carbocycles. The number of nitrogens with zero attached hydrogens (tertiary/aromatic N) is 1. The molecule has 1 unspecified atom stereocenters. The van der Waals surface area contributed by atoms with E-state index in [9.17, 15) is 0 Å². The molecule has 0 aliphatic rings. The van der Waals surface area contributed by atoms with Crippen LogP contribution in [0, 0.1) is 0 Å². The van der Waals surface area contributed by atoms with Gasteiger partial charge in [0, 0.05) is 31.8 Å². The number of hydrogen-bond donors (Lipinski definition) is 1. The molecular formula is C14H18N2O. The normalized spacial score (nSPS) is 12.8. The van der Waals surface area contributed by atoms with E-state index >= 15 is 0 Å². The van der Waals surface area contributed by atoms with E-state index in [0.717, 1.165) is 18.6 Å². The van der Waals surface area contributed by atoms with Crippen LogP contribution in [0.4, 0.5) is 0 Å². The molecule has 1 heterocycles. The molecule has 0 bridgehead atoms. The van der Waals surface area contributed by atoms with Crippen LogP contribution in [-0.2, 0) is 11.3 Å². The Morgan fingerprint density at radius 3 is 2.94 bits per heavy atom. The molecule has 1 N–H and O–H groups in total. The van der Waals surface area contributed by atoms with Crippen LogP contribution < -0.4 is 5.32 Å². The van der Waals surface area contributed by atoms with Gasteiger partial charge in [-0.2, -0.15) is 0 Å². The monoisotopic (exact) mass is 230 g/mol. The first kappa shape index (κ1) is 12.0. The summed E-state index contributed by atoms with van der Waals surface area (Å²) in [5.41, 5.74) is 2.30. The van der Waals surface area contributed by atoms with Gasteiger partial charge < -0.3 is 10.1 Å². The number of rotatable bonds is 5. The van der Waals surface area contributed by atoms with E-state index in [1.54, 1.807) is 7.11 Å². The van der Waals surface area contributed by atoms with E-state index in [-0.39, 0.29) is 6.10 Å². The third-order valence-electron chi connectivity index (χ3n) is 2.87. The zero-order valence-corrected chi connectivity index (χ0v) is 10.3. The Morgan fingerprint density at radius 1 is 1.29 bits per heavy atom. The number of methoxy groups -OCH3 is 1. The number of ether oxygens (including phenoxy) is 1. The van der Waals surface area contributed by atoms with Gasteiger partial charge in [0.1, 0.15) is 0 Å². The molecule has 0 radical (unpaired) electrons. The van der Waals surface area contributed by atoms with Crippen LogP contribution in [0.15, 0.2) is 36.5 Å². The van der Waals surface area contributed by atoms with Gasteiger partial charge in [-0.05, 0) is 18.6 Å². The van der Waals surface area contributed by atoms with Gasteiger partial charge in [-0.15, -0.1) is 0 Å². The molecule has 2 aromatic rings. The predicted molar refractivity (Wildman–Crippen MR) is 69.9 cm³/mol. The number of nitrogens with one attached hydrogen (secondary N) is 1. The van der Waals surface area contributed by atoms with Crippen molar-refractivity contribution in [3.05, 3.63) is 42.1 Å². The van der Waals surface area contributed by atoms with Crippen molar-refractivity contribution in [3.8, 4) is 0 Å². The number of hydrogen-bond acceptors (Lipinski definition) is 3. The first-order valence-electron chi connectivity index (χ1n) is 5.87. The average Bonchev–Trinajstić information content (AvgIpc) is 2.39. The number of para-hydroxylation sites is 1.